The van der Waals surface area contributed by atoms with Crippen LogP contribution < -0.4 is 0 Å². The van der Waals surface area contributed by atoms with E-state index in [4.69, 9.17) is 63.9 Å². The molecular formula is C110H114BBr2Cl4N2O8Pd2-. The van der Waals surface area contributed by atoms with Crippen LogP contribution in [0.2, 0.25) is 0 Å². The number of nitrogens with zero attached hydrogens (tertiary/aromatic N) is 2. The zero-order chi connectivity index (χ0) is 93.9. The molecule has 0 aliphatic carbocycles. The quantitative estimate of drug-likeness (QED) is 0.0249. The van der Waals surface area contributed by atoms with Gasteiger partial charge < -0.3 is 55.6 Å². The Balaban J connectivity index is 0.000000722. The number of phenolic OH excluding ortho intramolecular Hbond substituents is 1. The van der Waals surface area contributed by atoms with Crippen molar-refractivity contribution in [1.29, 1.82) is 5.39 Å². The fourth-order valence-corrected chi connectivity index (χ4v) is 11.6. The monoisotopic (exact) mass is 2110 g/mol. The van der Waals surface area contributed by atoms with Crippen molar-refractivity contribution in [2.24, 2.45) is 0 Å². The van der Waals surface area contributed by atoms with Crippen LogP contribution in [0.4, 0.5) is 5.69 Å². The van der Waals surface area contributed by atoms with Gasteiger partial charge in [0.2, 0.25) is 5.39 Å². The van der Waals surface area contributed by atoms with Gasteiger partial charge in [-0.2, -0.15) is 0 Å². The summed E-state index contributed by atoms with van der Waals surface area (Å²) in [5.41, 5.74) is 24.7. The molecule has 14 rings (SSSR count). The van der Waals surface area contributed by atoms with E-state index in [0.717, 1.165) is 92.4 Å². The van der Waals surface area contributed by atoms with Crippen LogP contribution in [-0.4, -0.2) is 48.8 Å². The molecule has 10 nitrogen and oxygen atoms in total. The summed E-state index contributed by atoms with van der Waals surface area (Å²) in [6.45, 7) is 32.7. The number of benzene rings is 14. The van der Waals surface area contributed by atoms with Crippen LogP contribution in [0, 0.1) is 20.2 Å². The molecule has 129 heavy (non-hydrogen) atoms. The Bertz CT molecular complexity index is 5250. The molecule has 678 valence electrons. The average Bonchev–Trinajstić information content (AvgIpc) is 0.690. The molecule has 0 amide bonds. The second-order valence-corrected chi connectivity index (χ2v) is 34.0. The summed E-state index contributed by atoms with van der Waals surface area (Å²) in [5.74, 6) is 0.226. The topological polar surface area (TPSA) is 190 Å². The predicted octanol–water partition coefficient (Wildman–Crippen LogP) is 32.1. The first kappa shape index (κ1) is 117. The van der Waals surface area contributed by atoms with Crippen LogP contribution in [0.3, 0.4) is 0 Å². The molecule has 0 aromatic heterocycles. The molecule has 0 fully saturated rings. The SMILES string of the molecule is C=Cc1ccc(-c2ccc(C(C)O)cc2)cc1.C=Cc1ccc(-c2ccc(C=C)cc2)cc1.C=Cc1ccc(-c2ccccc2)cc1.C=Cc1ccc(Br)cc1.C=Cc1ccc([N+]#N)cc1.CC(O)c1ccc(-c2ccc(C(C)O)cc2)cc1.CC(O)c1ccc(-c2ccccc2)cc1.CC(O)c1ccc(Br)cc1.CC(O)c1ccc(O)cc1.[B]O.[CH3-].[CH3-].[Cl][Pd][Cl].[Cl][Pd][Cl]. The van der Waals surface area contributed by atoms with E-state index in [1.165, 1.54) is 38.9 Å². The second-order valence-electron chi connectivity index (χ2n) is 27.5. The van der Waals surface area contributed by atoms with E-state index in [9.17, 15) is 20.4 Å². The van der Waals surface area contributed by atoms with E-state index in [-0.39, 0.29) is 58.6 Å². The summed E-state index contributed by atoms with van der Waals surface area (Å²) in [7, 11) is 22.8. The molecule has 0 aliphatic rings. The third-order valence-corrected chi connectivity index (χ3v) is 19.5. The molecule has 6 atom stereocenters. The number of hydrogen-bond acceptors (Lipinski definition) is 9. The fourth-order valence-electron chi connectivity index (χ4n) is 11.1. The van der Waals surface area contributed by atoms with Gasteiger partial charge in [-0.1, -0.05) is 399 Å². The van der Waals surface area contributed by atoms with E-state index in [1.807, 2.05) is 225 Å². The van der Waals surface area contributed by atoms with Crippen molar-refractivity contribution in [3.63, 3.8) is 0 Å². The predicted molar refractivity (Wildman–Crippen MR) is 556 cm³/mol. The third kappa shape index (κ3) is 46.9. The van der Waals surface area contributed by atoms with Crippen molar-refractivity contribution in [2.45, 2.75) is 78.2 Å². The minimum atomic E-state index is -0.458. The summed E-state index contributed by atoms with van der Waals surface area (Å²) in [6.07, 6.45) is 8.46. The molecule has 2 radical (unpaired) electrons. The van der Waals surface area contributed by atoms with Gasteiger partial charge in [0.1, 0.15) is 5.75 Å². The maximum absolute atomic E-state index is 9.45. The molecule has 8 N–H and O–H groups in total. The Morgan fingerprint density at radius 3 is 0.574 bits per heavy atom. The zero-order valence-corrected chi connectivity index (χ0v) is 82.9. The number of diazo groups is 1. The summed E-state index contributed by atoms with van der Waals surface area (Å²) < 4.78 is 2.14. The van der Waals surface area contributed by atoms with Crippen LogP contribution in [0.15, 0.2) is 400 Å². The number of aliphatic hydroxyl groups is 6. The molecular weight excluding hydrogens is 2000 g/mol. The number of aliphatic hydroxyl groups excluding tert-OH is 6. The molecule has 0 saturated heterocycles. The van der Waals surface area contributed by atoms with Crippen LogP contribution in [0.25, 0.3) is 97.1 Å². The standard InChI is InChI=1S/C16H18O2.C16H16O.C16H14.C14H14O.C14H12.C8H9BrO.C8H7Br.C8H7N2.C8H10O2.2CH3.BHO.4ClH.2Pd/c1-11(17)13-3-7-15(8-4-13)16-9-5-14(6-10-16)12(2)18;1-3-13-4-6-15(7-5-13)16-10-8-14(9-11-16)12(2)17;1-3-13-5-9-15(10-6-13)16-11-7-14(4-2)8-12-16;1-11(15)12-7-9-14(10-8-12)13-5-3-2-4-6-13;1-2-12-8-10-14(11-9-12)13-6-4-3-5-7-13;1-6(10)7-2-4-8(9)5-3-7;1-2-7-3-5-8(9)6-4-7;1-2-7-3-5-8(10-9)6-4-7;1-6(9)7-2-4-8(10)5-3-7;;;1-2;;;;;;/h3-12,17-18H,1-2H3;3-12,17H,1H2,2H3;3-12H,1-2H2;2-11,15H,1H3;2-11H,1H2;2-6,10H,1H3;2-6H,1H2;2-6H,1H2;2-6,9-10H,1H3;2*1H3;2H;4*1H;;/q;;;;;;;+1;;2*-1;;;;;;2*+2/p-4. The molecule has 19 heteroatoms. The van der Waals surface area contributed by atoms with Crippen molar-refractivity contribution in [3.05, 3.63) is 487 Å². The van der Waals surface area contributed by atoms with Gasteiger partial charge in [-0.05, 0) is 212 Å². The van der Waals surface area contributed by atoms with E-state index in [0.29, 0.717) is 5.69 Å². The third-order valence-electron chi connectivity index (χ3n) is 18.5. The molecule has 0 heterocycles. The number of rotatable bonds is 17. The van der Waals surface area contributed by atoms with E-state index < -0.39 is 30.5 Å². The van der Waals surface area contributed by atoms with Crippen LogP contribution in [-0.2, 0) is 31.9 Å². The number of aromatic hydroxyl groups is 1. The van der Waals surface area contributed by atoms with Gasteiger partial charge in [0, 0.05) is 21.1 Å². The average molecular weight is 2120 g/mol. The van der Waals surface area contributed by atoms with Gasteiger partial charge in [-0.3, -0.25) is 0 Å². The van der Waals surface area contributed by atoms with Gasteiger partial charge in [-0.25, -0.2) is 0 Å². The summed E-state index contributed by atoms with van der Waals surface area (Å²) in [5, 5.41) is 79.5. The van der Waals surface area contributed by atoms with Crippen molar-refractivity contribution in [3.8, 4) is 61.4 Å². The summed E-state index contributed by atoms with van der Waals surface area (Å²) >= 11 is 6.44. The van der Waals surface area contributed by atoms with Crippen molar-refractivity contribution in [1.82, 2.24) is 0 Å². The van der Waals surface area contributed by atoms with Gasteiger partial charge in [0.15, 0.2) is 4.98 Å². The summed E-state index contributed by atoms with van der Waals surface area (Å²) in [6, 6.07) is 115. The summed E-state index contributed by atoms with van der Waals surface area (Å²) in [4.78, 5) is 3.01. The second kappa shape index (κ2) is 69.0. The van der Waals surface area contributed by atoms with E-state index >= 15 is 0 Å². The Morgan fingerprint density at radius 2 is 0.403 bits per heavy atom. The van der Waals surface area contributed by atoms with Gasteiger partial charge in [0.25, 0.3) is 8.05 Å². The number of phenols is 1. The van der Waals surface area contributed by atoms with Crippen molar-refractivity contribution >= 4 is 120 Å². The molecule has 6 unspecified atom stereocenters. The molecule has 14 aromatic carbocycles. The fraction of sp³-hybridized carbons (Fsp3) is 0.109. The first-order valence-electron chi connectivity index (χ1n) is 39.6. The number of halogens is 6. The van der Waals surface area contributed by atoms with Gasteiger partial charge in [-0.15, -0.1) is 0 Å². The van der Waals surface area contributed by atoms with Crippen LogP contribution in [0.1, 0.15) is 145 Å². The zero-order valence-electron chi connectivity index (χ0n) is 73.6. The van der Waals surface area contributed by atoms with Crippen LogP contribution in [0.5, 0.6) is 5.75 Å². The van der Waals surface area contributed by atoms with Gasteiger partial charge in [0.05, 0.1) is 36.6 Å². The Morgan fingerprint density at radius 1 is 0.264 bits per heavy atom. The Kier molecular flexibility index (Phi) is 62.5. The molecule has 14 aromatic rings. The van der Waals surface area contributed by atoms with Gasteiger partial charge >= 0.3 is 75.7 Å². The minimum absolute atomic E-state index is 0. The number of hydrogen-bond donors (Lipinski definition) is 8. The normalized spacial score (nSPS) is 11.0. The van der Waals surface area contributed by atoms with E-state index in [2.05, 4.69) is 206 Å². The molecule has 0 saturated carbocycles. The molecule has 0 aliphatic heterocycles. The Hall–Kier alpha value is -10.0. The van der Waals surface area contributed by atoms with Crippen molar-refractivity contribution in [2.75, 3.05) is 0 Å². The molecule has 0 spiro atoms. The van der Waals surface area contributed by atoms with E-state index in [1.54, 1.807) is 84.0 Å². The first-order chi connectivity index (χ1) is 61.2. The van der Waals surface area contributed by atoms with Crippen LogP contribution >= 0.6 is 70.0 Å². The maximum atomic E-state index is 9.45. The first-order valence-corrected chi connectivity index (χ1v) is 49.2. The molecule has 0 bridgehead atoms. The Labute approximate surface area is 817 Å². The van der Waals surface area contributed by atoms with Crippen molar-refractivity contribution < 1.29 is 72.6 Å².